The van der Waals surface area contributed by atoms with E-state index in [0.29, 0.717) is 11.3 Å². The lowest BCUT2D eigenvalue weighted by Crippen LogP contribution is -2.26. The van der Waals surface area contributed by atoms with E-state index in [-0.39, 0.29) is 0 Å². The normalized spacial score (nSPS) is 23.5. The van der Waals surface area contributed by atoms with Crippen molar-refractivity contribution >= 4 is 16.8 Å². The summed E-state index contributed by atoms with van der Waals surface area (Å²) in [6, 6.07) is 0. The van der Waals surface area contributed by atoms with Crippen LogP contribution < -0.4 is 0 Å². The van der Waals surface area contributed by atoms with Gasteiger partial charge in [0.05, 0.1) is 5.04 Å². The molecule has 0 saturated heterocycles. The third kappa shape index (κ3) is 2.51. The van der Waals surface area contributed by atoms with Gasteiger partial charge in [-0.05, 0) is 5.41 Å². The van der Waals surface area contributed by atoms with Crippen molar-refractivity contribution in [2.24, 2.45) is 16.3 Å². The molecule has 1 nitrogen and oxygen atoms in total. The van der Waals surface area contributed by atoms with E-state index in [4.69, 9.17) is 0 Å². The van der Waals surface area contributed by atoms with Crippen molar-refractivity contribution in [3.8, 4) is 0 Å². The fraction of sp³-hybridized carbons (Fsp3) is 0.889. The van der Waals surface area contributed by atoms with Crippen molar-refractivity contribution in [2.75, 3.05) is 12.3 Å². The maximum Gasteiger partial charge on any atom is 0.0701 e. The lowest BCUT2D eigenvalue weighted by Gasteiger charge is -2.28. The minimum Gasteiger partial charge on any atom is -0.282 e. The second-order valence-electron chi connectivity index (χ2n) is 4.26. The van der Waals surface area contributed by atoms with Gasteiger partial charge in [0.25, 0.3) is 0 Å². The fourth-order valence-corrected chi connectivity index (χ4v) is 2.12. The molecule has 0 unspecified atom stereocenters. The van der Waals surface area contributed by atoms with E-state index in [1.165, 1.54) is 10.8 Å². The Kier molecular flexibility index (Phi) is 2.63. The van der Waals surface area contributed by atoms with Crippen molar-refractivity contribution in [1.82, 2.24) is 0 Å². The zero-order valence-corrected chi connectivity index (χ0v) is 8.66. The first kappa shape index (κ1) is 9.11. The average Bonchev–Trinajstić information content (AvgIpc) is 1.86. The molecule has 0 aromatic carbocycles. The van der Waals surface area contributed by atoms with Crippen molar-refractivity contribution in [3.63, 3.8) is 0 Å². The predicted octanol–water partition coefficient (Wildman–Crippen LogP) is 2.81. The number of aliphatic imine (C=N–C) groups is 1. The first-order valence-electron chi connectivity index (χ1n) is 4.18. The van der Waals surface area contributed by atoms with Crippen LogP contribution in [0, 0.1) is 11.3 Å². The van der Waals surface area contributed by atoms with Crippen LogP contribution in [0.5, 0.6) is 0 Å². The predicted molar refractivity (Wildman–Crippen MR) is 53.4 cm³/mol. The Hall–Kier alpha value is 0.0200. The Balaban J connectivity index is 2.58. The van der Waals surface area contributed by atoms with Crippen LogP contribution in [-0.4, -0.2) is 17.3 Å². The third-order valence-electron chi connectivity index (χ3n) is 1.77. The summed E-state index contributed by atoms with van der Waals surface area (Å²) in [5, 5.41) is 1.34. The smallest absolute Gasteiger partial charge is 0.0701 e. The SMILES string of the molecule is CC(C)C1=NCC(C)(C)CS1. The van der Waals surface area contributed by atoms with Crippen molar-refractivity contribution in [1.29, 1.82) is 0 Å². The average molecular weight is 171 g/mol. The summed E-state index contributed by atoms with van der Waals surface area (Å²) < 4.78 is 0. The van der Waals surface area contributed by atoms with Gasteiger partial charge in [0.2, 0.25) is 0 Å². The maximum atomic E-state index is 4.56. The van der Waals surface area contributed by atoms with E-state index >= 15 is 0 Å². The fourth-order valence-electron chi connectivity index (χ4n) is 1.00. The molecule has 64 valence electrons. The van der Waals surface area contributed by atoms with E-state index in [1.807, 2.05) is 11.8 Å². The van der Waals surface area contributed by atoms with Gasteiger partial charge in [0.15, 0.2) is 0 Å². The number of hydrogen-bond acceptors (Lipinski definition) is 2. The molecule has 0 fully saturated rings. The second-order valence-corrected chi connectivity index (χ2v) is 5.26. The van der Waals surface area contributed by atoms with E-state index in [0.717, 1.165) is 6.54 Å². The van der Waals surface area contributed by atoms with Crippen LogP contribution in [0.3, 0.4) is 0 Å². The van der Waals surface area contributed by atoms with Gasteiger partial charge in [-0.25, -0.2) is 0 Å². The van der Waals surface area contributed by atoms with Crippen molar-refractivity contribution < 1.29 is 0 Å². The Labute approximate surface area is 73.7 Å². The Morgan fingerprint density at radius 3 is 2.45 bits per heavy atom. The molecule has 0 N–H and O–H groups in total. The molecule has 0 amide bonds. The molecule has 0 bridgehead atoms. The van der Waals surface area contributed by atoms with Crippen LogP contribution in [0.25, 0.3) is 0 Å². The van der Waals surface area contributed by atoms with Crippen LogP contribution >= 0.6 is 11.8 Å². The quantitative estimate of drug-likeness (QED) is 0.591. The van der Waals surface area contributed by atoms with Crippen LogP contribution in [0.15, 0.2) is 4.99 Å². The zero-order valence-electron chi connectivity index (χ0n) is 7.85. The molecule has 1 aliphatic rings. The number of rotatable bonds is 1. The Morgan fingerprint density at radius 2 is 2.09 bits per heavy atom. The van der Waals surface area contributed by atoms with Crippen LogP contribution in [0.4, 0.5) is 0 Å². The van der Waals surface area contributed by atoms with Crippen LogP contribution in [0.2, 0.25) is 0 Å². The molecular formula is C9H17NS. The number of nitrogens with zero attached hydrogens (tertiary/aromatic N) is 1. The Bertz CT molecular complexity index is 170. The maximum absolute atomic E-state index is 4.56. The monoisotopic (exact) mass is 171 g/mol. The van der Waals surface area contributed by atoms with E-state index in [9.17, 15) is 0 Å². The highest BCUT2D eigenvalue weighted by molar-refractivity contribution is 8.14. The van der Waals surface area contributed by atoms with Crippen LogP contribution in [-0.2, 0) is 0 Å². The Morgan fingerprint density at radius 1 is 1.45 bits per heavy atom. The summed E-state index contributed by atoms with van der Waals surface area (Å²) in [4.78, 5) is 4.56. The molecule has 11 heavy (non-hydrogen) atoms. The van der Waals surface area contributed by atoms with Gasteiger partial charge in [0, 0.05) is 18.2 Å². The molecule has 0 radical (unpaired) electrons. The molecule has 0 saturated carbocycles. The highest BCUT2D eigenvalue weighted by Crippen LogP contribution is 2.30. The minimum atomic E-state index is 0.420. The molecule has 0 aromatic heterocycles. The van der Waals surface area contributed by atoms with Gasteiger partial charge in [-0.3, -0.25) is 4.99 Å². The first-order chi connectivity index (χ1) is 5.01. The molecule has 1 heterocycles. The van der Waals surface area contributed by atoms with Crippen LogP contribution in [0.1, 0.15) is 27.7 Å². The standard InChI is InChI=1S/C9H17NS/c1-7(2)8-10-5-9(3,4)6-11-8/h7H,5-6H2,1-4H3. The topological polar surface area (TPSA) is 12.4 Å². The van der Waals surface area contributed by atoms with Gasteiger partial charge in [-0.15, -0.1) is 11.8 Å². The molecule has 1 rings (SSSR count). The van der Waals surface area contributed by atoms with E-state index < -0.39 is 0 Å². The minimum absolute atomic E-state index is 0.420. The van der Waals surface area contributed by atoms with E-state index in [2.05, 4.69) is 32.7 Å². The van der Waals surface area contributed by atoms with Gasteiger partial charge in [0.1, 0.15) is 0 Å². The summed E-state index contributed by atoms with van der Waals surface area (Å²) in [5.74, 6) is 1.85. The van der Waals surface area contributed by atoms with Gasteiger partial charge in [-0.1, -0.05) is 27.7 Å². The lowest BCUT2D eigenvalue weighted by molar-refractivity contribution is 0.436. The number of hydrogen-bond donors (Lipinski definition) is 0. The highest BCUT2D eigenvalue weighted by atomic mass is 32.2. The van der Waals surface area contributed by atoms with Crippen molar-refractivity contribution in [3.05, 3.63) is 0 Å². The van der Waals surface area contributed by atoms with Gasteiger partial charge >= 0.3 is 0 Å². The zero-order chi connectivity index (χ0) is 8.48. The molecular weight excluding hydrogens is 154 g/mol. The summed E-state index contributed by atoms with van der Waals surface area (Å²) >= 11 is 1.93. The van der Waals surface area contributed by atoms with Crippen molar-refractivity contribution in [2.45, 2.75) is 27.7 Å². The second kappa shape index (κ2) is 3.18. The number of thioether (sulfide) groups is 1. The molecule has 1 aliphatic heterocycles. The summed E-state index contributed by atoms with van der Waals surface area (Å²) in [5.41, 5.74) is 0.420. The van der Waals surface area contributed by atoms with Gasteiger partial charge in [-0.2, -0.15) is 0 Å². The highest BCUT2D eigenvalue weighted by Gasteiger charge is 2.23. The van der Waals surface area contributed by atoms with E-state index in [1.54, 1.807) is 0 Å². The van der Waals surface area contributed by atoms with Gasteiger partial charge < -0.3 is 0 Å². The lowest BCUT2D eigenvalue weighted by atomic mass is 9.97. The molecule has 0 spiro atoms. The first-order valence-corrected chi connectivity index (χ1v) is 5.17. The molecule has 2 heteroatoms. The summed E-state index contributed by atoms with van der Waals surface area (Å²) in [7, 11) is 0. The summed E-state index contributed by atoms with van der Waals surface area (Å²) in [6.45, 7) is 9.99. The molecule has 0 aromatic rings. The molecule has 0 aliphatic carbocycles. The third-order valence-corrected chi connectivity index (χ3v) is 3.59. The summed E-state index contributed by atoms with van der Waals surface area (Å²) in [6.07, 6.45) is 0. The largest absolute Gasteiger partial charge is 0.282 e. The molecule has 0 atom stereocenters.